The Bertz CT molecular complexity index is 998. The fourth-order valence-corrected chi connectivity index (χ4v) is 4.73. The number of carbonyl (C=O) groups excluding carboxylic acids is 1. The molecule has 0 saturated heterocycles. The second-order valence-corrected chi connectivity index (χ2v) is 9.05. The van der Waals surface area contributed by atoms with Crippen molar-refractivity contribution in [3.8, 4) is 11.5 Å². The number of methoxy groups -OCH3 is 2. The zero-order valence-electron chi connectivity index (χ0n) is 17.6. The Morgan fingerprint density at radius 2 is 1.73 bits per heavy atom. The van der Waals surface area contributed by atoms with E-state index in [1.54, 1.807) is 24.3 Å². The minimum atomic E-state index is -3.64. The van der Waals surface area contributed by atoms with E-state index in [0.29, 0.717) is 42.1 Å². The van der Waals surface area contributed by atoms with Gasteiger partial charge in [-0.2, -0.15) is 0 Å². The number of anilines is 2. The van der Waals surface area contributed by atoms with Gasteiger partial charge in [0.05, 0.1) is 20.0 Å². The van der Waals surface area contributed by atoms with Crippen molar-refractivity contribution in [3.05, 3.63) is 47.5 Å². The van der Waals surface area contributed by atoms with E-state index in [2.05, 4.69) is 11.6 Å². The van der Waals surface area contributed by atoms with Gasteiger partial charge < -0.3 is 14.4 Å². The topological polar surface area (TPSA) is 84.9 Å². The molecule has 0 unspecified atom stereocenters. The molecular formula is C22H28N2O5S. The van der Waals surface area contributed by atoms with Crippen molar-refractivity contribution in [2.45, 2.75) is 38.4 Å². The maximum Gasteiger partial charge on any atom is 0.236 e. The number of hydrogen-bond donors (Lipinski definition) is 1. The van der Waals surface area contributed by atoms with E-state index in [4.69, 9.17) is 9.47 Å². The molecule has 0 saturated carbocycles. The smallest absolute Gasteiger partial charge is 0.236 e. The standard InChI is InChI=1S/C22H28N2O5S/c1-4-5-10-24-21-8-7-18(13-17(21)6-9-22(24)25)23-30(26,27)15-16-11-19(28-2)14-20(12-16)29-3/h7-8,11-14,23H,4-6,9-10,15H2,1-3H3. The van der Waals surface area contributed by atoms with Gasteiger partial charge in [0.25, 0.3) is 0 Å². The Morgan fingerprint density at radius 3 is 2.37 bits per heavy atom. The van der Waals surface area contributed by atoms with Crippen LogP contribution in [0.1, 0.15) is 37.3 Å². The lowest BCUT2D eigenvalue weighted by Crippen LogP contribution is -2.35. The predicted molar refractivity (Wildman–Crippen MR) is 118 cm³/mol. The monoisotopic (exact) mass is 432 g/mol. The van der Waals surface area contributed by atoms with Crippen molar-refractivity contribution in [3.63, 3.8) is 0 Å². The SMILES string of the molecule is CCCCN1C(=O)CCc2cc(NS(=O)(=O)Cc3cc(OC)cc(OC)c3)ccc21. The van der Waals surface area contributed by atoms with E-state index in [1.165, 1.54) is 14.2 Å². The molecule has 1 amide bonds. The zero-order chi connectivity index (χ0) is 21.7. The third kappa shape index (κ3) is 5.24. The number of nitrogens with one attached hydrogen (secondary N) is 1. The van der Waals surface area contributed by atoms with E-state index >= 15 is 0 Å². The number of benzene rings is 2. The van der Waals surface area contributed by atoms with Crippen LogP contribution in [0.4, 0.5) is 11.4 Å². The van der Waals surface area contributed by atoms with Crippen LogP contribution in [0.3, 0.4) is 0 Å². The molecule has 0 spiro atoms. The molecule has 0 radical (unpaired) electrons. The summed E-state index contributed by atoms with van der Waals surface area (Å²) in [4.78, 5) is 14.1. The molecule has 1 N–H and O–H groups in total. The average molecular weight is 433 g/mol. The summed E-state index contributed by atoms with van der Waals surface area (Å²) < 4.78 is 38.5. The molecule has 0 fully saturated rings. The van der Waals surface area contributed by atoms with Crippen LogP contribution in [-0.2, 0) is 27.0 Å². The first-order chi connectivity index (χ1) is 14.3. The van der Waals surface area contributed by atoms with Crippen LogP contribution < -0.4 is 19.1 Å². The number of amides is 1. The van der Waals surface area contributed by atoms with Gasteiger partial charge in [-0.1, -0.05) is 13.3 Å². The average Bonchev–Trinajstić information content (AvgIpc) is 2.72. The maximum absolute atomic E-state index is 12.7. The van der Waals surface area contributed by atoms with Crippen molar-refractivity contribution < 1.29 is 22.7 Å². The molecule has 30 heavy (non-hydrogen) atoms. The van der Waals surface area contributed by atoms with Gasteiger partial charge in [0, 0.05) is 30.4 Å². The van der Waals surface area contributed by atoms with Gasteiger partial charge in [-0.3, -0.25) is 9.52 Å². The maximum atomic E-state index is 12.7. The van der Waals surface area contributed by atoms with Crippen molar-refractivity contribution >= 4 is 27.3 Å². The summed E-state index contributed by atoms with van der Waals surface area (Å²) in [6, 6.07) is 10.4. The lowest BCUT2D eigenvalue weighted by atomic mass is 10.00. The molecule has 1 aliphatic rings. The second-order valence-electron chi connectivity index (χ2n) is 7.32. The number of hydrogen-bond acceptors (Lipinski definition) is 5. The molecule has 0 aliphatic carbocycles. The Kier molecular flexibility index (Phi) is 6.87. The van der Waals surface area contributed by atoms with Gasteiger partial charge in [0.15, 0.2) is 0 Å². The highest BCUT2D eigenvalue weighted by Gasteiger charge is 2.24. The minimum Gasteiger partial charge on any atom is -0.497 e. The van der Waals surface area contributed by atoms with Crippen molar-refractivity contribution in [1.29, 1.82) is 0 Å². The van der Waals surface area contributed by atoms with Gasteiger partial charge in [-0.25, -0.2) is 8.42 Å². The summed E-state index contributed by atoms with van der Waals surface area (Å²) in [6.07, 6.45) is 2.99. The molecule has 0 atom stereocenters. The third-order valence-electron chi connectivity index (χ3n) is 5.06. The van der Waals surface area contributed by atoms with Gasteiger partial charge in [-0.15, -0.1) is 0 Å². The molecule has 3 rings (SSSR count). The molecular weight excluding hydrogens is 404 g/mol. The third-order valence-corrected chi connectivity index (χ3v) is 6.32. The molecule has 0 aromatic heterocycles. The van der Waals surface area contributed by atoms with Crippen LogP contribution in [0, 0.1) is 0 Å². The highest BCUT2D eigenvalue weighted by atomic mass is 32.2. The Morgan fingerprint density at radius 1 is 1.03 bits per heavy atom. The van der Waals surface area contributed by atoms with Gasteiger partial charge >= 0.3 is 0 Å². The molecule has 0 bridgehead atoms. The van der Waals surface area contributed by atoms with Crippen molar-refractivity contribution in [1.82, 2.24) is 0 Å². The van der Waals surface area contributed by atoms with Crippen LogP contribution in [0.5, 0.6) is 11.5 Å². The van der Waals surface area contributed by atoms with Crippen LogP contribution in [0.25, 0.3) is 0 Å². The van der Waals surface area contributed by atoms with E-state index in [9.17, 15) is 13.2 Å². The van der Waals surface area contributed by atoms with E-state index in [-0.39, 0.29) is 11.7 Å². The van der Waals surface area contributed by atoms with Crippen LogP contribution in [-0.4, -0.2) is 35.1 Å². The molecule has 7 nitrogen and oxygen atoms in total. The van der Waals surface area contributed by atoms with E-state index < -0.39 is 10.0 Å². The van der Waals surface area contributed by atoms with Crippen molar-refractivity contribution in [2.75, 3.05) is 30.4 Å². The quantitative estimate of drug-likeness (QED) is 0.653. The number of ether oxygens (including phenoxy) is 2. The van der Waals surface area contributed by atoms with Crippen LogP contribution in [0.2, 0.25) is 0 Å². The largest absolute Gasteiger partial charge is 0.497 e. The summed E-state index contributed by atoms with van der Waals surface area (Å²) in [7, 11) is -0.603. The van der Waals surface area contributed by atoms with Crippen LogP contribution in [0.15, 0.2) is 36.4 Å². The number of rotatable bonds is 9. The fraction of sp³-hybridized carbons (Fsp3) is 0.409. The number of fused-ring (bicyclic) bond motifs is 1. The molecule has 8 heteroatoms. The first-order valence-electron chi connectivity index (χ1n) is 10.0. The van der Waals surface area contributed by atoms with Crippen LogP contribution >= 0.6 is 0 Å². The van der Waals surface area contributed by atoms with Gasteiger partial charge in [0.2, 0.25) is 15.9 Å². The van der Waals surface area contributed by atoms with E-state index in [1.807, 2.05) is 17.0 Å². The normalized spacial score (nSPS) is 13.7. The molecule has 2 aromatic carbocycles. The molecule has 162 valence electrons. The Balaban J connectivity index is 1.78. The zero-order valence-corrected chi connectivity index (χ0v) is 18.4. The predicted octanol–water partition coefficient (Wildman–Crippen LogP) is 3.73. The fourth-order valence-electron chi connectivity index (χ4n) is 3.57. The number of nitrogens with zero attached hydrogens (tertiary/aromatic N) is 1. The first kappa shape index (κ1) is 22.0. The summed E-state index contributed by atoms with van der Waals surface area (Å²) in [6.45, 7) is 2.77. The number of carbonyl (C=O) groups is 1. The molecule has 1 heterocycles. The number of sulfonamides is 1. The summed E-state index contributed by atoms with van der Waals surface area (Å²) in [5.41, 5.74) is 2.91. The highest BCUT2D eigenvalue weighted by molar-refractivity contribution is 7.91. The molecule has 1 aliphatic heterocycles. The Hall–Kier alpha value is -2.74. The van der Waals surface area contributed by atoms with E-state index in [0.717, 1.165) is 24.1 Å². The first-order valence-corrected chi connectivity index (χ1v) is 11.7. The van der Waals surface area contributed by atoms with Gasteiger partial charge in [-0.05, 0) is 54.3 Å². The number of unbranched alkanes of at least 4 members (excludes halogenated alkanes) is 1. The minimum absolute atomic E-state index is 0.122. The summed E-state index contributed by atoms with van der Waals surface area (Å²) in [5.74, 6) is 0.977. The van der Waals surface area contributed by atoms with Gasteiger partial charge in [0.1, 0.15) is 11.5 Å². The molecule has 2 aromatic rings. The second kappa shape index (κ2) is 9.38. The Labute approximate surface area is 178 Å². The highest BCUT2D eigenvalue weighted by Crippen LogP contribution is 2.31. The lowest BCUT2D eigenvalue weighted by molar-refractivity contribution is -0.118. The summed E-state index contributed by atoms with van der Waals surface area (Å²) in [5, 5.41) is 0. The lowest BCUT2D eigenvalue weighted by Gasteiger charge is -2.29. The number of aryl methyl sites for hydroxylation is 1. The summed E-state index contributed by atoms with van der Waals surface area (Å²) >= 11 is 0. The van der Waals surface area contributed by atoms with Crippen molar-refractivity contribution in [2.24, 2.45) is 0 Å².